The van der Waals surface area contributed by atoms with E-state index in [0.717, 1.165) is 24.4 Å². The number of hydrogen-bond donors (Lipinski definition) is 1. The molecular weight excluding hydrogens is 459 g/mol. The number of nitrogens with zero attached hydrogens (tertiary/aromatic N) is 3. The summed E-state index contributed by atoms with van der Waals surface area (Å²) in [4.78, 5) is 11.2. The predicted octanol–water partition coefficient (Wildman–Crippen LogP) is 5.71. The third kappa shape index (κ3) is 3.71. The van der Waals surface area contributed by atoms with Gasteiger partial charge >= 0.3 is 6.18 Å². The summed E-state index contributed by atoms with van der Waals surface area (Å²) in [7, 11) is 0. The summed E-state index contributed by atoms with van der Waals surface area (Å²) in [5.41, 5.74) is -3.08. The van der Waals surface area contributed by atoms with Crippen molar-refractivity contribution in [2.45, 2.75) is 6.18 Å². The summed E-state index contributed by atoms with van der Waals surface area (Å²) in [5, 5.41) is 9.43. The van der Waals surface area contributed by atoms with Crippen LogP contribution in [0.2, 0.25) is 5.02 Å². The van der Waals surface area contributed by atoms with Gasteiger partial charge in [0, 0.05) is 0 Å². The number of aromatic nitrogens is 3. The van der Waals surface area contributed by atoms with E-state index in [1.807, 2.05) is 0 Å². The monoisotopic (exact) mass is 468 g/mol. The fourth-order valence-corrected chi connectivity index (χ4v) is 3.41. The highest BCUT2D eigenvalue weighted by Crippen LogP contribution is 2.45. The van der Waals surface area contributed by atoms with Crippen LogP contribution in [0.3, 0.4) is 0 Å². The van der Waals surface area contributed by atoms with Crippen molar-refractivity contribution in [3.63, 3.8) is 0 Å². The molecule has 0 spiro atoms. The zero-order chi connectivity index (χ0) is 23.0. The fraction of sp³-hybridized carbons (Fsp3) is 0.0500. The van der Waals surface area contributed by atoms with Crippen LogP contribution in [0.4, 0.5) is 27.6 Å². The van der Waals surface area contributed by atoms with Gasteiger partial charge < -0.3 is 9.84 Å². The van der Waals surface area contributed by atoms with Crippen LogP contribution < -0.4 is 5.32 Å². The van der Waals surface area contributed by atoms with E-state index >= 15 is 0 Å². The molecule has 0 fully saturated rings. The Morgan fingerprint density at radius 1 is 1.12 bits per heavy atom. The lowest BCUT2D eigenvalue weighted by Crippen LogP contribution is -2.14. The second-order valence-corrected chi connectivity index (χ2v) is 6.80. The van der Waals surface area contributed by atoms with Gasteiger partial charge in [-0.05, 0) is 30.3 Å². The van der Waals surface area contributed by atoms with Crippen LogP contribution in [0.25, 0.3) is 28.3 Å². The molecule has 1 N–H and O–H groups in total. The summed E-state index contributed by atoms with van der Waals surface area (Å²) >= 11 is 6.02. The fourth-order valence-electron chi connectivity index (χ4n) is 3.15. The van der Waals surface area contributed by atoms with E-state index in [2.05, 4.69) is 15.6 Å². The van der Waals surface area contributed by atoms with E-state index in [-0.39, 0.29) is 34.1 Å². The number of anilines is 1. The molecule has 0 aliphatic rings. The molecule has 0 bridgehead atoms. The van der Waals surface area contributed by atoms with Gasteiger partial charge in [0.15, 0.2) is 11.5 Å². The third-order valence-corrected chi connectivity index (χ3v) is 4.75. The maximum atomic E-state index is 14.4. The van der Waals surface area contributed by atoms with Gasteiger partial charge in [0.2, 0.25) is 6.41 Å². The molecule has 0 aliphatic heterocycles. The van der Waals surface area contributed by atoms with Crippen LogP contribution >= 0.6 is 11.6 Å². The van der Waals surface area contributed by atoms with Gasteiger partial charge in [-0.2, -0.15) is 18.3 Å². The van der Waals surface area contributed by atoms with Crippen molar-refractivity contribution in [1.29, 1.82) is 0 Å². The molecule has 164 valence electrons. The van der Waals surface area contributed by atoms with Crippen LogP contribution in [0, 0.1) is 11.6 Å². The van der Waals surface area contributed by atoms with Crippen LogP contribution in [0.5, 0.6) is 0 Å². The predicted molar refractivity (Wildman–Crippen MR) is 104 cm³/mol. The van der Waals surface area contributed by atoms with E-state index in [9.17, 15) is 26.7 Å². The minimum atomic E-state index is -4.97. The Hall–Kier alpha value is -3.73. The molecule has 2 aromatic carbocycles. The minimum Gasteiger partial charge on any atom is -0.353 e. The highest BCUT2D eigenvalue weighted by Gasteiger charge is 2.41. The van der Waals surface area contributed by atoms with E-state index in [4.69, 9.17) is 16.1 Å². The standard InChI is InChI=1S/C20H10ClF5N4O2/c21-13-5-2-6-14(23)15(13)16-17(27-9-31)18(32-29-16)12-8-28-30(19(12)20(24,25)26)11-4-1-3-10(22)7-11/h1-9H,(H,27,31). The van der Waals surface area contributed by atoms with Gasteiger partial charge in [-0.15, -0.1) is 0 Å². The lowest BCUT2D eigenvalue weighted by atomic mass is 10.1. The molecule has 4 rings (SSSR count). The number of alkyl halides is 3. The first kappa shape index (κ1) is 21.5. The molecule has 0 radical (unpaired) electrons. The first-order valence-corrected chi connectivity index (χ1v) is 9.16. The second kappa shape index (κ2) is 8.08. The van der Waals surface area contributed by atoms with E-state index in [0.29, 0.717) is 4.68 Å². The van der Waals surface area contributed by atoms with Gasteiger partial charge in [0.25, 0.3) is 0 Å². The lowest BCUT2D eigenvalue weighted by Gasteiger charge is -2.12. The quantitative estimate of drug-likeness (QED) is 0.301. The molecule has 2 heterocycles. The number of amides is 1. The van der Waals surface area contributed by atoms with Crippen molar-refractivity contribution in [3.05, 3.63) is 71.0 Å². The maximum Gasteiger partial charge on any atom is 0.434 e. The van der Waals surface area contributed by atoms with Crippen molar-refractivity contribution in [2.75, 3.05) is 5.32 Å². The number of halogens is 6. The number of hydrogen-bond acceptors (Lipinski definition) is 4. The molecule has 0 unspecified atom stereocenters. The molecule has 0 atom stereocenters. The molecule has 4 aromatic rings. The maximum absolute atomic E-state index is 14.4. The summed E-state index contributed by atoms with van der Waals surface area (Å²) in [6.07, 6.45) is -3.99. The van der Waals surface area contributed by atoms with Gasteiger partial charge in [0.05, 0.1) is 28.0 Å². The highest BCUT2D eigenvalue weighted by molar-refractivity contribution is 6.33. The first-order valence-electron chi connectivity index (χ1n) is 8.78. The number of rotatable bonds is 5. The van der Waals surface area contributed by atoms with E-state index in [1.54, 1.807) is 0 Å². The van der Waals surface area contributed by atoms with Gasteiger partial charge in [-0.3, -0.25) is 4.79 Å². The number of carbonyl (C=O) groups is 1. The van der Waals surface area contributed by atoms with Crippen molar-refractivity contribution >= 4 is 23.7 Å². The molecule has 6 nitrogen and oxygen atoms in total. The SMILES string of the molecule is O=CNc1c(-c2c(F)cccc2Cl)noc1-c1cnn(-c2cccc(F)c2)c1C(F)(F)F. The molecule has 2 aromatic heterocycles. The molecule has 0 saturated heterocycles. The Bertz CT molecular complexity index is 1300. The van der Waals surface area contributed by atoms with Crippen molar-refractivity contribution in [2.24, 2.45) is 0 Å². The Kier molecular flexibility index (Phi) is 5.43. The summed E-state index contributed by atoms with van der Waals surface area (Å²) < 4.78 is 75.5. The van der Waals surface area contributed by atoms with Crippen LogP contribution in [0.1, 0.15) is 5.69 Å². The Labute approximate surface area is 181 Å². The Balaban J connectivity index is 1.97. The van der Waals surface area contributed by atoms with Crippen LogP contribution in [-0.2, 0) is 11.0 Å². The Morgan fingerprint density at radius 2 is 1.88 bits per heavy atom. The first-order chi connectivity index (χ1) is 15.2. The summed E-state index contributed by atoms with van der Waals surface area (Å²) in [5.74, 6) is -2.15. The molecule has 0 saturated carbocycles. The number of nitrogens with one attached hydrogen (secondary N) is 1. The van der Waals surface area contributed by atoms with Gasteiger partial charge in [-0.1, -0.05) is 28.9 Å². The minimum absolute atomic E-state index is 0.106. The van der Waals surface area contributed by atoms with Crippen molar-refractivity contribution in [3.8, 4) is 28.3 Å². The van der Waals surface area contributed by atoms with Crippen LogP contribution in [0.15, 0.2) is 53.2 Å². The van der Waals surface area contributed by atoms with Gasteiger partial charge in [0.1, 0.15) is 23.0 Å². The topological polar surface area (TPSA) is 73.0 Å². The number of benzene rings is 2. The summed E-state index contributed by atoms with van der Waals surface area (Å²) in [6, 6.07) is 8.09. The van der Waals surface area contributed by atoms with Crippen LogP contribution in [-0.4, -0.2) is 21.3 Å². The average molecular weight is 469 g/mol. The summed E-state index contributed by atoms with van der Waals surface area (Å²) in [6.45, 7) is 0. The molecule has 32 heavy (non-hydrogen) atoms. The lowest BCUT2D eigenvalue weighted by molar-refractivity contribution is -0.142. The zero-order valence-corrected chi connectivity index (χ0v) is 16.4. The zero-order valence-electron chi connectivity index (χ0n) is 15.6. The van der Waals surface area contributed by atoms with Gasteiger partial charge in [-0.25, -0.2) is 13.5 Å². The van der Waals surface area contributed by atoms with E-state index in [1.165, 1.54) is 24.3 Å². The third-order valence-electron chi connectivity index (χ3n) is 4.43. The largest absolute Gasteiger partial charge is 0.434 e. The number of carbonyl (C=O) groups excluding carboxylic acids is 1. The Morgan fingerprint density at radius 3 is 2.53 bits per heavy atom. The van der Waals surface area contributed by atoms with Crippen molar-refractivity contribution < 1.29 is 31.3 Å². The molecular formula is C20H10ClF5N4O2. The second-order valence-electron chi connectivity index (χ2n) is 6.39. The smallest absolute Gasteiger partial charge is 0.353 e. The molecule has 1 amide bonds. The highest BCUT2D eigenvalue weighted by atomic mass is 35.5. The van der Waals surface area contributed by atoms with Crippen molar-refractivity contribution in [1.82, 2.24) is 14.9 Å². The molecule has 12 heteroatoms. The average Bonchev–Trinajstić information content (AvgIpc) is 3.33. The molecule has 0 aliphatic carbocycles. The van der Waals surface area contributed by atoms with E-state index < -0.39 is 34.8 Å². The normalized spacial score (nSPS) is 11.6.